The van der Waals surface area contributed by atoms with Gasteiger partial charge in [-0.25, -0.2) is 0 Å². The highest BCUT2D eigenvalue weighted by atomic mass is 35.5. The maximum atomic E-state index is 6.06. The molecule has 0 aliphatic heterocycles. The zero-order valence-electron chi connectivity index (χ0n) is 12.1. The molecule has 0 amide bonds. The average Bonchev–Trinajstić information content (AvgIpc) is 3.15. The summed E-state index contributed by atoms with van der Waals surface area (Å²) in [7, 11) is 1.65. The third-order valence-electron chi connectivity index (χ3n) is 3.41. The van der Waals surface area contributed by atoms with E-state index < -0.39 is 0 Å². The van der Waals surface area contributed by atoms with Crippen LogP contribution in [0.1, 0.15) is 0 Å². The zero-order chi connectivity index (χ0) is 15.8. The van der Waals surface area contributed by atoms with Crippen molar-refractivity contribution in [3.05, 3.63) is 53.6 Å². The first-order chi connectivity index (χ1) is 11.2. The van der Waals surface area contributed by atoms with Gasteiger partial charge in [-0.3, -0.25) is 0 Å². The number of nitrogens with zero attached hydrogens (tertiary/aromatic N) is 4. The highest BCUT2D eigenvalue weighted by molar-refractivity contribution is 7.19. The summed E-state index contributed by atoms with van der Waals surface area (Å²) in [5.74, 6) is 1.50. The number of rotatable bonds is 3. The predicted octanol–water partition coefficient (Wildman–Crippen LogP) is 4.18. The van der Waals surface area contributed by atoms with Crippen molar-refractivity contribution in [1.29, 1.82) is 0 Å². The molecule has 0 aliphatic rings. The van der Waals surface area contributed by atoms with Gasteiger partial charge in [0.15, 0.2) is 5.82 Å². The zero-order valence-corrected chi connectivity index (χ0v) is 13.7. The number of methoxy groups -OCH3 is 1. The van der Waals surface area contributed by atoms with E-state index in [1.165, 1.54) is 11.3 Å². The average molecular weight is 343 g/mol. The summed E-state index contributed by atoms with van der Waals surface area (Å²) >= 11 is 7.54. The second-order valence-corrected chi connectivity index (χ2v) is 6.26. The van der Waals surface area contributed by atoms with Crippen molar-refractivity contribution in [3.8, 4) is 27.7 Å². The van der Waals surface area contributed by atoms with E-state index in [-0.39, 0.29) is 0 Å². The Labute approximate surface area is 141 Å². The van der Waals surface area contributed by atoms with Crippen LogP contribution in [0.3, 0.4) is 0 Å². The van der Waals surface area contributed by atoms with Crippen LogP contribution >= 0.6 is 22.9 Å². The predicted molar refractivity (Wildman–Crippen MR) is 91.1 cm³/mol. The molecule has 0 spiro atoms. The minimum absolute atomic E-state index is 0.657. The van der Waals surface area contributed by atoms with Crippen molar-refractivity contribution in [2.75, 3.05) is 7.11 Å². The van der Waals surface area contributed by atoms with Gasteiger partial charge in [-0.1, -0.05) is 35.1 Å². The Balaban J connectivity index is 1.79. The van der Waals surface area contributed by atoms with Gasteiger partial charge in [0.05, 0.1) is 7.11 Å². The molecule has 0 unspecified atom stereocenters. The van der Waals surface area contributed by atoms with Crippen molar-refractivity contribution in [2.24, 2.45) is 0 Å². The van der Waals surface area contributed by atoms with Crippen LogP contribution in [-0.2, 0) is 0 Å². The highest BCUT2D eigenvalue weighted by Gasteiger charge is 2.14. The van der Waals surface area contributed by atoms with Crippen LogP contribution in [0.25, 0.3) is 26.9 Å². The number of aromatic nitrogens is 4. The maximum Gasteiger partial charge on any atom is 0.235 e. The van der Waals surface area contributed by atoms with Gasteiger partial charge in [0.2, 0.25) is 4.96 Å². The summed E-state index contributed by atoms with van der Waals surface area (Å²) in [5.41, 5.74) is 1.90. The van der Waals surface area contributed by atoms with Crippen LogP contribution in [0.4, 0.5) is 0 Å². The van der Waals surface area contributed by atoms with Crippen molar-refractivity contribution in [1.82, 2.24) is 19.8 Å². The smallest absolute Gasteiger partial charge is 0.235 e. The standard InChI is InChI=1S/C16H11ClN4OS/c1-22-13-7-5-10(6-8-13)15-20-21-14(18-19-16(21)23-15)11-3-2-4-12(17)9-11/h2-9H,1H3. The Kier molecular flexibility index (Phi) is 3.48. The number of fused-ring (bicyclic) bond motifs is 1. The third kappa shape index (κ3) is 2.56. The molecule has 2 heterocycles. The van der Waals surface area contributed by atoms with E-state index in [4.69, 9.17) is 16.3 Å². The molecule has 0 saturated heterocycles. The van der Waals surface area contributed by atoms with Gasteiger partial charge in [0.1, 0.15) is 10.8 Å². The molecule has 0 radical (unpaired) electrons. The lowest BCUT2D eigenvalue weighted by Gasteiger charge is -2.00. The van der Waals surface area contributed by atoms with Gasteiger partial charge in [-0.15, -0.1) is 10.2 Å². The molecule has 23 heavy (non-hydrogen) atoms. The monoisotopic (exact) mass is 342 g/mol. The molecule has 0 bridgehead atoms. The fourth-order valence-corrected chi connectivity index (χ4v) is 3.31. The van der Waals surface area contributed by atoms with Crippen LogP contribution in [0.2, 0.25) is 5.02 Å². The van der Waals surface area contributed by atoms with E-state index in [0.717, 1.165) is 26.8 Å². The lowest BCUT2D eigenvalue weighted by atomic mass is 10.2. The van der Waals surface area contributed by atoms with Gasteiger partial charge >= 0.3 is 0 Å². The van der Waals surface area contributed by atoms with E-state index in [1.54, 1.807) is 11.6 Å². The molecule has 114 valence electrons. The first-order valence-corrected chi connectivity index (χ1v) is 8.06. The molecule has 0 N–H and O–H groups in total. The normalized spacial score (nSPS) is 11.0. The van der Waals surface area contributed by atoms with E-state index in [0.29, 0.717) is 10.8 Å². The van der Waals surface area contributed by atoms with E-state index in [1.807, 2.05) is 48.5 Å². The molecular weight excluding hydrogens is 332 g/mol. The molecular formula is C16H11ClN4OS. The van der Waals surface area contributed by atoms with Crippen molar-refractivity contribution in [3.63, 3.8) is 0 Å². The van der Waals surface area contributed by atoms with Crippen molar-refractivity contribution in [2.45, 2.75) is 0 Å². The van der Waals surface area contributed by atoms with E-state index >= 15 is 0 Å². The molecule has 7 heteroatoms. The molecule has 0 aliphatic carbocycles. The molecule has 4 aromatic rings. The number of hydrogen-bond acceptors (Lipinski definition) is 5. The minimum atomic E-state index is 0.657. The Morgan fingerprint density at radius 2 is 1.87 bits per heavy atom. The van der Waals surface area contributed by atoms with Gasteiger partial charge in [-0.05, 0) is 36.4 Å². The molecule has 5 nitrogen and oxygen atoms in total. The fourth-order valence-electron chi connectivity index (χ4n) is 2.27. The molecule has 0 saturated carbocycles. The number of ether oxygens (including phenoxy) is 1. The van der Waals surface area contributed by atoms with Crippen LogP contribution in [0.15, 0.2) is 48.5 Å². The first kappa shape index (κ1) is 14.2. The van der Waals surface area contributed by atoms with Crippen LogP contribution in [0, 0.1) is 0 Å². The van der Waals surface area contributed by atoms with Gasteiger partial charge in [0, 0.05) is 16.1 Å². The SMILES string of the molecule is COc1ccc(-c2nn3c(-c4cccc(Cl)c4)nnc3s2)cc1. The van der Waals surface area contributed by atoms with Crippen molar-refractivity contribution >= 4 is 27.9 Å². The molecule has 2 aromatic carbocycles. The first-order valence-electron chi connectivity index (χ1n) is 6.87. The Morgan fingerprint density at radius 3 is 2.61 bits per heavy atom. The van der Waals surface area contributed by atoms with Crippen molar-refractivity contribution < 1.29 is 4.74 Å². The number of hydrogen-bond donors (Lipinski definition) is 0. The number of halogens is 1. The quantitative estimate of drug-likeness (QED) is 0.560. The molecule has 4 rings (SSSR count). The van der Waals surface area contributed by atoms with E-state index in [9.17, 15) is 0 Å². The Bertz CT molecular complexity index is 977. The highest BCUT2D eigenvalue weighted by Crippen LogP contribution is 2.29. The summed E-state index contributed by atoms with van der Waals surface area (Å²) in [4.78, 5) is 0.741. The van der Waals surface area contributed by atoms with Crippen LogP contribution in [0.5, 0.6) is 5.75 Å². The molecule has 2 aromatic heterocycles. The minimum Gasteiger partial charge on any atom is -0.497 e. The number of benzene rings is 2. The largest absolute Gasteiger partial charge is 0.497 e. The summed E-state index contributed by atoms with van der Waals surface area (Å²) in [6.45, 7) is 0. The lowest BCUT2D eigenvalue weighted by Crippen LogP contribution is -1.91. The summed E-state index contributed by atoms with van der Waals surface area (Å²) < 4.78 is 6.93. The fraction of sp³-hybridized carbons (Fsp3) is 0.0625. The topological polar surface area (TPSA) is 52.3 Å². The summed E-state index contributed by atoms with van der Waals surface area (Å²) in [5, 5.41) is 14.6. The Hall–Kier alpha value is -2.44. The summed E-state index contributed by atoms with van der Waals surface area (Å²) in [6, 6.07) is 15.3. The maximum absolute atomic E-state index is 6.06. The van der Waals surface area contributed by atoms with Gasteiger partial charge in [0.25, 0.3) is 0 Å². The van der Waals surface area contributed by atoms with Gasteiger partial charge in [-0.2, -0.15) is 9.61 Å². The van der Waals surface area contributed by atoms with Crippen LogP contribution in [-0.4, -0.2) is 26.9 Å². The lowest BCUT2D eigenvalue weighted by molar-refractivity contribution is 0.415. The summed E-state index contributed by atoms with van der Waals surface area (Å²) in [6.07, 6.45) is 0. The molecule has 0 fully saturated rings. The second kappa shape index (κ2) is 5.64. The Morgan fingerprint density at radius 1 is 1.04 bits per heavy atom. The molecule has 0 atom stereocenters. The third-order valence-corrected chi connectivity index (χ3v) is 4.59. The van der Waals surface area contributed by atoms with E-state index in [2.05, 4.69) is 15.3 Å². The van der Waals surface area contributed by atoms with Gasteiger partial charge < -0.3 is 4.74 Å². The van der Waals surface area contributed by atoms with Crippen LogP contribution < -0.4 is 4.74 Å². The second-order valence-electron chi connectivity index (χ2n) is 4.86.